The van der Waals surface area contributed by atoms with Crippen LogP contribution in [0.1, 0.15) is 11.7 Å². The highest BCUT2D eigenvalue weighted by atomic mass is 32.2. The fourth-order valence-electron chi connectivity index (χ4n) is 2.80. The molecule has 0 atom stereocenters. The van der Waals surface area contributed by atoms with E-state index in [1.807, 2.05) is 54.6 Å². The number of thioether (sulfide) groups is 1. The number of benzene rings is 2. The standard InChI is InChI=1S/C21H21N5O3S/c27-19(22-12-13-28-15-6-2-1-3-7-15)14-30-21-26-25-20(29-21)11-10-18-23-16-8-4-5-9-17(16)24-18/h1-9H,10-14H2,(H,22,27)(H,23,24). The first-order valence-corrected chi connectivity index (χ1v) is 10.6. The van der Waals surface area contributed by atoms with Crippen molar-refractivity contribution < 1.29 is 13.9 Å². The number of amides is 1. The van der Waals surface area contributed by atoms with E-state index >= 15 is 0 Å². The van der Waals surface area contributed by atoms with Gasteiger partial charge in [0.15, 0.2) is 0 Å². The Balaban J connectivity index is 1.15. The van der Waals surface area contributed by atoms with E-state index < -0.39 is 0 Å². The molecule has 154 valence electrons. The molecule has 0 aliphatic heterocycles. The summed E-state index contributed by atoms with van der Waals surface area (Å²) < 4.78 is 11.1. The predicted molar refractivity (Wildman–Crippen MR) is 113 cm³/mol. The molecule has 4 aromatic rings. The second kappa shape index (κ2) is 9.93. The first-order chi connectivity index (χ1) is 14.8. The minimum atomic E-state index is -0.112. The number of aryl methyl sites for hydroxylation is 2. The average molecular weight is 423 g/mol. The third-order valence-corrected chi connectivity index (χ3v) is 5.04. The van der Waals surface area contributed by atoms with Crippen LogP contribution in [0, 0.1) is 0 Å². The fourth-order valence-corrected chi connectivity index (χ4v) is 3.41. The summed E-state index contributed by atoms with van der Waals surface area (Å²) in [5.41, 5.74) is 1.95. The number of aromatic nitrogens is 4. The minimum Gasteiger partial charge on any atom is -0.492 e. The van der Waals surface area contributed by atoms with Crippen LogP contribution in [0.15, 0.2) is 64.2 Å². The van der Waals surface area contributed by atoms with Gasteiger partial charge < -0.3 is 19.5 Å². The van der Waals surface area contributed by atoms with Gasteiger partial charge in [-0.05, 0) is 24.3 Å². The third kappa shape index (κ3) is 5.60. The summed E-state index contributed by atoms with van der Waals surface area (Å²) in [6.07, 6.45) is 1.25. The molecular formula is C21H21N5O3S. The lowest BCUT2D eigenvalue weighted by Gasteiger charge is -2.06. The topological polar surface area (TPSA) is 106 Å². The molecule has 0 bridgehead atoms. The minimum absolute atomic E-state index is 0.112. The van der Waals surface area contributed by atoms with E-state index in [9.17, 15) is 4.79 Å². The zero-order chi connectivity index (χ0) is 20.6. The summed E-state index contributed by atoms with van der Waals surface area (Å²) in [5.74, 6) is 2.27. The zero-order valence-corrected chi connectivity index (χ0v) is 17.0. The van der Waals surface area contributed by atoms with E-state index in [1.54, 1.807) is 0 Å². The van der Waals surface area contributed by atoms with Crippen LogP contribution in [-0.4, -0.2) is 45.0 Å². The molecular weight excluding hydrogens is 402 g/mol. The van der Waals surface area contributed by atoms with Crippen molar-refractivity contribution >= 4 is 28.7 Å². The van der Waals surface area contributed by atoms with Crippen molar-refractivity contribution in [1.82, 2.24) is 25.5 Å². The van der Waals surface area contributed by atoms with Crippen LogP contribution in [-0.2, 0) is 17.6 Å². The van der Waals surface area contributed by atoms with Crippen molar-refractivity contribution in [3.8, 4) is 5.75 Å². The second-order valence-electron chi connectivity index (χ2n) is 6.46. The Morgan fingerprint density at radius 2 is 1.90 bits per heavy atom. The van der Waals surface area contributed by atoms with Gasteiger partial charge in [-0.3, -0.25) is 4.79 Å². The molecule has 0 aliphatic rings. The SMILES string of the molecule is O=C(CSc1nnc(CCc2nc3ccccc3[nH]2)o1)NCCOc1ccccc1. The zero-order valence-electron chi connectivity index (χ0n) is 16.2. The smallest absolute Gasteiger partial charge is 0.277 e. The molecule has 30 heavy (non-hydrogen) atoms. The predicted octanol–water partition coefficient (Wildman–Crippen LogP) is 3.02. The first-order valence-electron chi connectivity index (χ1n) is 9.59. The third-order valence-electron chi connectivity index (χ3n) is 4.23. The molecule has 0 radical (unpaired) electrons. The second-order valence-corrected chi connectivity index (χ2v) is 7.39. The maximum absolute atomic E-state index is 11.9. The molecule has 2 N–H and O–H groups in total. The van der Waals surface area contributed by atoms with E-state index in [0.29, 0.717) is 37.1 Å². The van der Waals surface area contributed by atoms with E-state index in [-0.39, 0.29) is 11.7 Å². The van der Waals surface area contributed by atoms with E-state index in [4.69, 9.17) is 9.15 Å². The number of carbonyl (C=O) groups is 1. The number of H-pyrrole nitrogens is 1. The van der Waals surface area contributed by atoms with Gasteiger partial charge >= 0.3 is 0 Å². The highest BCUT2D eigenvalue weighted by Crippen LogP contribution is 2.17. The van der Waals surface area contributed by atoms with Gasteiger partial charge in [0.1, 0.15) is 18.2 Å². The Morgan fingerprint density at radius 3 is 2.77 bits per heavy atom. The van der Waals surface area contributed by atoms with Crippen LogP contribution >= 0.6 is 11.8 Å². The molecule has 0 saturated carbocycles. The van der Waals surface area contributed by atoms with Crippen LogP contribution in [0.4, 0.5) is 0 Å². The van der Waals surface area contributed by atoms with Gasteiger partial charge in [-0.2, -0.15) is 0 Å². The number of ether oxygens (including phenoxy) is 1. The Bertz CT molecular complexity index is 1060. The van der Waals surface area contributed by atoms with Gasteiger partial charge in [-0.25, -0.2) is 4.98 Å². The first kappa shape index (κ1) is 20.0. The van der Waals surface area contributed by atoms with Gasteiger partial charge in [0.2, 0.25) is 11.8 Å². The number of fused-ring (bicyclic) bond motifs is 1. The Hall–Kier alpha value is -3.33. The molecule has 4 rings (SSSR count). The summed E-state index contributed by atoms with van der Waals surface area (Å²) in [6, 6.07) is 17.4. The quantitative estimate of drug-likeness (QED) is 0.298. The van der Waals surface area contributed by atoms with Crippen molar-refractivity contribution in [3.05, 3.63) is 66.3 Å². The highest BCUT2D eigenvalue weighted by Gasteiger charge is 2.11. The number of carbonyl (C=O) groups excluding carboxylic acids is 1. The number of imidazole rings is 1. The Morgan fingerprint density at radius 1 is 1.07 bits per heavy atom. The summed E-state index contributed by atoms with van der Waals surface area (Å²) in [6.45, 7) is 0.841. The molecule has 9 heteroatoms. The molecule has 2 aromatic carbocycles. The van der Waals surface area contributed by atoms with Crippen LogP contribution in [0.5, 0.6) is 5.75 Å². The lowest BCUT2D eigenvalue weighted by atomic mass is 10.3. The van der Waals surface area contributed by atoms with Crippen LogP contribution < -0.4 is 10.1 Å². The summed E-state index contributed by atoms with van der Waals surface area (Å²) in [7, 11) is 0. The van der Waals surface area contributed by atoms with Crippen molar-refractivity contribution in [2.75, 3.05) is 18.9 Å². The number of nitrogens with one attached hydrogen (secondary N) is 2. The van der Waals surface area contributed by atoms with Crippen molar-refractivity contribution in [1.29, 1.82) is 0 Å². The Kier molecular flexibility index (Phi) is 6.61. The molecule has 0 spiro atoms. The largest absolute Gasteiger partial charge is 0.492 e. The van der Waals surface area contributed by atoms with Crippen molar-refractivity contribution in [2.45, 2.75) is 18.1 Å². The van der Waals surface area contributed by atoms with Gasteiger partial charge in [-0.15, -0.1) is 10.2 Å². The summed E-state index contributed by atoms with van der Waals surface area (Å²) in [4.78, 5) is 19.8. The number of para-hydroxylation sites is 3. The molecule has 2 aromatic heterocycles. The van der Waals surface area contributed by atoms with Gasteiger partial charge in [-0.1, -0.05) is 42.1 Å². The normalized spacial score (nSPS) is 10.9. The molecule has 1 amide bonds. The fraction of sp³-hybridized carbons (Fsp3) is 0.238. The molecule has 2 heterocycles. The van der Waals surface area contributed by atoms with Crippen molar-refractivity contribution in [3.63, 3.8) is 0 Å². The average Bonchev–Trinajstić information content (AvgIpc) is 3.41. The molecule has 8 nitrogen and oxygen atoms in total. The van der Waals surface area contributed by atoms with Crippen LogP contribution in [0.2, 0.25) is 0 Å². The highest BCUT2D eigenvalue weighted by molar-refractivity contribution is 7.99. The number of hydrogen-bond donors (Lipinski definition) is 2. The monoisotopic (exact) mass is 423 g/mol. The number of hydrogen-bond acceptors (Lipinski definition) is 7. The number of nitrogens with zero attached hydrogens (tertiary/aromatic N) is 3. The Labute approximate surface area is 177 Å². The summed E-state index contributed by atoms with van der Waals surface area (Å²) in [5, 5.41) is 11.2. The lowest BCUT2D eigenvalue weighted by molar-refractivity contribution is -0.118. The molecule has 0 aliphatic carbocycles. The maximum atomic E-state index is 11.9. The molecule has 0 unspecified atom stereocenters. The van der Waals surface area contributed by atoms with Gasteiger partial charge in [0.05, 0.1) is 23.3 Å². The van der Waals surface area contributed by atoms with Gasteiger partial charge in [0, 0.05) is 12.8 Å². The molecule has 0 fully saturated rings. The molecule has 0 saturated heterocycles. The number of rotatable bonds is 10. The van der Waals surface area contributed by atoms with E-state index in [2.05, 4.69) is 25.5 Å². The van der Waals surface area contributed by atoms with Crippen LogP contribution in [0.25, 0.3) is 11.0 Å². The van der Waals surface area contributed by atoms with Crippen LogP contribution in [0.3, 0.4) is 0 Å². The van der Waals surface area contributed by atoms with E-state index in [1.165, 1.54) is 11.8 Å². The number of aromatic amines is 1. The van der Waals surface area contributed by atoms with E-state index in [0.717, 1.165) is 22.6 Å². The van der Waals surface area contributed by atoms with Gasteiger partial charge in [0.25, 0.3) is 5.22 Å². The lowest BCUT2D eigenvalue weighted by Crippen LogP contribution is -2.29. The van der Waals surface area contributed by atoms with Crippen molar-refractivity contribution in [2.24, 2.45) is 0 Å². The summed E-state index contributed by atoms with van der Waals surface area (Å²) >= 11 is 1.21. The maximum Gasteiger partial charge on any atom is 0.277 e.